The monoisotopic (exact) mass is 325 g/mol. The van der Waals surface area contributed by atoms with Gasteiger partial charge in [0.15, 0.2) is 0 Å². The van der Waals surface area contributed by atoms with E-state index >= 15 is 0 Å². The summed E-state index contributed by atoms with van der Waals surface area (Å²) in [5.41, 5.74) is 5.82. The molecule has 0 amide bonds. The quantitative estimate of drug-likeness (QED) is 0.753. The molecule has 5 nitrogen and oxygen atoms in total. The molecule has 3 aromatic rings. The fourth-order valence-electron chi connectivity index (χ4n) is 3.43. The number of hydrogen-bond donors (Lipinski definition) is 1. The fourth-order valence-corrected chi connectivity index (χ4v) is 3.43. The highest BCUT2D eigenvalue weighted by atomic mass is 15.3. The molecule has 3 rings (SSSR count). The number of nitrogens with zero attached hydrogens (tertiary/aromatic N) is 4. The summed E-state index contributed by atoms with van der Waals surface area (Å²) >= 11 is 0. The summed E-state index contributed by atoms with van der Waals surface area (Å²) < 4.78 is 4.19. The van der Waals surface area contributed by atoms with Crippen molar-refractivity contribution in [2.45, 2.75) is 53.1 Å². The third-order valence-corrected chi connectivity index (χ3v) is 4.55. The average Bonchev–Trinajstić information content (AvgIpc) is 3.07. The molecule has 0 radical (unpaired) electrons. The molecule has 0 aromatic carbocycles. The molecule has 1 atom stereocenters. The molecule has 0 spiro atoms. The van der Waals surface area contributed by atoms with Crippen LogP contribution in [0, 0.1) is 13.8 Å². The first-order chi connectivity index (χ1) is 11.5. The van der Waals surface area contributed by atoms with Crippen molar-refractivity contribution in [3.05, 3.63) is 53.2 Å². The van der Waals surface area contributed by atoms with Gasteiger partial charge in [0.1, 0.15) is 5.65 Å². The molecule has 1 unspecified atom stereocenters. The van der Waals surface area contributed by atoms with Crippen LogP contribution in [0.5, 0.6) is 0 Å². The van der Waals surface area contributed by atoms with E-state index in [-0.39, 0.29) is 6.04 Å². The molecule has 128 valence electrons. The third kappa shape index (κ3) is 3.22. The average molecular weight is 325 g/mol. The minimum Gasteiger partial charge on any atom is -0.310 e. The highest BCUT2D eigenvalue weighted by Gasteiger charge is 2.18. The second kappa shape index (κ2) is 6.77. The van der Waals surface area contributed by atoms with Gasteiger partial charge < -0.3 is 9.72 Å². The second-order valence-electron chi connectivity index (χ2n) is 6.75. The van der Waals surface area contributed by atoms with Crippen molar-refractivity contribution in [2.24, 2.45) is 0 Å². The first kappa shape index (κ1) is 16.7. The van der Waals surface area contributed by atoms with E-state index in [4.69, 9.17) is 0 Å². The smallest absolute Gasteiger partial charge is 0.136 e. The van der Waals surface area contributed by atoms with Gasteiger partial charge in [-0.05, 0) is 46.8 Å². The van der Waals surface area contributed by atoms with Gasteiger partial charge in [-0.15, -0.1) is 0 Å². The Morgan fingerprint density at radius 3 is 2.62 bits per heavy atom. The first-order valence-corrected chi connectivity index (χ1v) is 8.69. The van der Waals surface area contributed by atoms with Gasteiger partial charge in [-0.1, -0.05) is 6.07 Å². The lowest BCUT2D eigenvalue weighted by Crippen LogP contribution is -2.22. The van der Waals surface area contributed by atoms with Crippen LogP contribution in [0.1, 0.15) is 55.5 Å². The Kier molecular flexibility index (Phi) is 4.71. The molecule has 0 fully saturated rings. The maximum atomic E-state index is 4.69. The van der Waals surface area contributed by atoms with Gasteiger partial charge in [0.2, 0.25) is 0 Å². The SMILES string of the molecule is Cc1nn(C(C)C)c(C)c1C(C)NCCc1cn2ccccc2n1. The highest BCUT2D eigenvalue weighted by Crippen LogP contribution is 2.23. The van der Waals surface area contributed by atoms with E-state index < -0.39 is 0 Å². The molecule has 5 heteroatoms. The first-order valence-electron chi connectivity index (χ1n) is 8.69. The highest BCUT2D eigenvalue weighted by molar-refractivity contribution is 5.39. The number of rotatable bonds is 6. The number of aromatic nitrogens is 4. The molecule has 0 aliphatic carbocycles. The molecule has 24 heavy (non-hydrogen) atoms. The molecule has 0 aliphatic rings. The minimum absolute atomic E-state index is 0.287. The van der Waals surface area contributed by atoms with E-state index in [9.17, 15) is 0 Å². The third-order valence-electron chi connectivity index (χ3n) is 4.55. The van der Waals surface area contributed by atoms with Crippen LogP contribution >= 0.6 is 0 Å². The summed E-state index contributed by atoms with van der Waals surface area (Å²) in [7, 11) is 0. The van der Waals surface area contributed by atoms with Crippen LogP contribution in [0.3, 0.4) is 0 Å². The molecular weight excluding hydrogens is 298 g/mol. The van der Waals surface area contributed by atoms with E-state index in [0.717, 1.165) is 30.0 Å². The minimum atomic E-state index is 0.287. The summed E-state index contributed by atoms with van der Waals surface area (Å²) in [6.07, 6.45) is 5.06. The van der Waals surface area contributed by atoms with Gasteiger partial charge >= 0.3 is 0 Å². The number of pyridine rings is 1. The van der Waals surface area contributed by atoms with Crippen LogP contribution in [-0.4, -0.2) is 25.7 Å². The topological polar surface area (TPSA) is 47.2 Å². The Hall–Kier alpha value is -2.14. The summed E-state index contributed by atoms with van der Waals surface area (Å²) in [4.78, 5) is 4.65. The maximum absolute atomic E-state index is 4.69. The van der Waals surface area contributed by atoms with Gasteiger partial charge in [0.05, 0.1) is 11.4 Å². The molecule has 1 N–H and O–H groups in total. The van der Waals surface area contributed by atoms with Crippen molar-refractivity contribution in [3.8, 4) is 0 Å². The Balaban J connectivity index is 1.64. The van der Waals surface area contributed by atoms with Gasteiger partial charge in [-0.3, -0.25) is 4.68 Å². The van der Waals surface area contributed by atoms with Crippen LogP contribution in [0.25, 0.3) is 5.65 Å². The summed E-state index contributed by atoms with van der Waals surface area (Å²) in [5.74, 6) is 0. The lowest BCUT2D eigenvalue weighted by molar-refractivity contribution is 0.512. The zero-order chi connectivity index (χ0) is 17.3. The standard InChI is InChI=1S/C19H27N5/c1-13(2)24-16(5)19(15(4)22-24)14(3)20-10-9-17-12-23-11-7-6-8-18(23)21-17/h6-8,11-14,20H,9-10H2,1-5H3. The summed E-state index contributed by atoms with van der Waals surface area (Å²) in [6, 6.07) is 6.75. The van der Waals surface area contributed by atoms with Crippen molar-refractivity contribution < 1.29 is 0 Å². The van der Waals surface area contributed by atoms with E-state index in [1.54, 1.807) is 0 Å². The van der Waals surface area contributed by atoms with Crippen molar-refractivity contribution in [3.63, 3.8) is 0 Å². The van der Waals surface area contributed by atoms with Gasteiger partial charge in [0, 0.05) is 48.7 Å². The lowest BCUT2D eigenvalue weighted by Gasteiger charge is -2.15. The van der Waals surface area contributed by atoms with Crippen molar-refractivity contribution in [1.82, 2.24) is 24.5 Å². The Morgan fingerprint density at radius 2 is 1.96 bits per heavy atom. The molecule has 0 saturated heterocycles. The Bertz CT molecular complexity index is 795. The van der Waals surface area contributed by atoms with E-state index in [1.165, 1.54) is 11.3 Å². The molecular formula is C19H27N5. The number of imidazole rings is 1. The predicted molar refractivity (Wildman–Crippen MR) is 97.4 cm³/mol. The van der Waals surface area contributed by atoms with Crippen LogP contribution in [-0.2, 0) is 6.42 Å². The van der Waals surface area contributed by atoms with Crippen LogP contribution < -0.4 is 5.32 Å². The van der Waals surface area contributed by atoms with Crippen molar-refractivity contribution in [2.75, 3.05) is 6.54 Å². The zero-order valence-electron chi connectivity index (χ0n) is 15.2. The normalized spacial score (nSPS) is 13.1. The van der Waals surface area contributed by atoms with E-state index in [0.29, 0.717) is 6.04 Å². The van der Waals surface area contributed by atoms with Crippen LogP contribution in [0.4, 0.5) is 0 Å². The summed E-state index contributed by atoms with van der Waals surface area (Å²) in [5, 5.41) is 8.31. The molecule has 3 aromatic heterocycles. The second-order valence-corrected chi connectivity index (χ2v) is 6.75. The van der Waals surface area contributed by atoms with E-state index in [2.05, 4.69) is 65.3 Å². The number of fused-ring (bicyclic) bond motifs is 1. The van der Waals surface area contributed by atoms with Gasteiger partial charge in [0.25, 0.3) is 0 Å². The van der Waals surface area contributed by atoms with Crippen LogP contribution in [0.2, 0.25) is 0 Å². The van der Waals surface area contributed by atoms with Gasteiger partial charge in [-0.25, -0.2) is 4.98 Å². The van der Waals surface area contributed by atoms with Crippen molar-refractivity contribution in [1.29, 1.82) is 0 Å². The Morgan fingerprint density at radius 1 is 1.17 bits per heavy atom. The molecule has 0 bridgehead atoms. The molecule has 3 heterocycles. The lowest BCUT2D eigenvalue weighted by atomic mass is 10.1. The maximum Gasteiger partial charge on any atom is 0.136 e. The van der Waals surface area contributed by atoms with Gasteiger partial charge in [-0.2, -0.15) is 5.10 Å². The predicted octanol–water partition coefficient (Wildman–Crippen LogP) is 3.62. The number of nitrogens with one attached hydrogen (secondary N) is 1. The van der Waals surface area contributed by atoms with Crippen LogP contribution in [0.15, 0.2) is 30.6 Å². The van der Waals surface area contributed by atoms with E-state index in [1.807, 2.05) is 24.4 Å². The number of hydrogen-bond acceptors (Lipinski definition) is 3. The molecule has 0 aliphatic heterocycles. The fraction of sp³-hybridized carbons (Fsp3) is 0.474. The number of aryl methyl sites for hydroxylation is 1. The Labute approximate surface area is 143 Å². The largest absolute Gasteiger partial charge is 0.310 e. The zero-order valence-corrected chi connectivity index (χ0v) is 15.2. The molecule has 0 saturated carbocycles. The summed E-state index contributed by atoms with van der Waals surface area (Å²) in [6.45, 7) is 11.7. The van der Waals surface area contributed by atoms with Crippen molar-refractivity contribution >= 4 is 5.65 Å².